The second kappa shape index (κ2) is 8.53. The lowest BCUT2D eigenvalue weighted by molar-refractivity contribution is -0.143. The Kier molecular flexibility index (Phi) is 5.67. The van der Waals surface area contributed by atoms with Crippen molar-refractivity contribution in [3.05, 3.63) is 59.6 Å². The minimum absolute atomic E-state index is 0.191. The van der Waals surface area contributed by atoms with Gasteiger partial charge in [0, 0.05) is 17.0 Å². The smallest absolute Gasteiger partial charge is 0.305 e. The van der Waals surface area contributed by atoms with Gasteiger partial charge in [-0.1, -0.05) is 23.7 Å². The van der Waals surface area contributed by atoms with Gasteiger partial charge < -0.3 is 13.9 Å². The number of hydrogen-bond donors (Lipinski definition) is 0. The highest BCUT2D eigenvalue weighted by Gasteiger charge is 2.10. The van der Waals surface area contributed by atoms with Crippen LogP contribution in [0, 0.1) is 0 Å². The SMILES string of the molecule is CCOC(=O)CCCOc1ccc2cc(-c3nc4cc(Cl)ccc4o3)ccc2c1. The van der Waals surface area contributed by atoms with Gasteiger partial charge >= 0.3 is 5.97 Å². The molecule has 5 nitrogen and oxygen atoms in total. The molecule has 1 heterocycles. The molecule has 4 rings (SSSR count). The highest BCUT2D eigenvalue weighted by molar-refractivity contribution is 6.31. The molecule has 29 heavy (non-hydrogen) atoms. The number of halogens is 1. The number of rotatable bonds is 7. The highest BCUT2D eigenvalue weighted by Crippen LogP contribution is 2.29. The Balaban J connectivity index is 1.47. The second-order valence-corrected chi connectivity index (χ2v) is 7.05. The monoisotopic (exact) mass is 409 g/mol. The lowest BCUT2D eigenvalue weighted by Crippen LogP contribution is -2.06. The third-order valence-corrected chi connectivity index (χ3v) is 4.74. The van der Waals surface area contributed by atoms with Crippen molar-refractivity contribution in [2.24, 2.45) is 0 Å². The van der Waals surface area contributed by atoms with Gasteiger partial charge in [-0.3, -0.25) is 4.79 Å². The maximum atomic E-state index is 11.4. The van der Waals surface area contributed by atoms with Crippen LogP contribution in [0.2, 0.25) is 5.02 Å². The Hall–Kier alpha value is -3.05. The van der Waals surface area contributed by atoms with E-state index in [-0.39, 0.29) is 5.97 Å². The average molecular weight is 410 g/mol. The topological polar surface area (TPSA) is 61.6 Å². The first kappa shape index (κ1) is 19.3. The molecular formula is C23H20ClNO4. The van der Waals surface area contributed by atoms with Gasteiger partial charge in [0.05, 0.1) is 13.2 Å². The molecule has 0 N–H and O–H groups in total. The summed E-state index contributed by atoms with van der Waals surface area (Å²) in [7, 11) is 0. The zero-order valence-electron chi connectivity index (χ0n) is 16.0. The maximum absolute atomic E-state index is 11.4. The molecule has 0 unspecified atom stereocenters. The summed E-state index contributed by atoms with van der Waals surface area (Å²) in [6.45, 7) is 2.67. The third kappa shape index (κ3) is 4.51. The maximum Gasteiger partial charge on any atom is 0.305 e. The zero-order chi connectivity index (χ0) is 20.2. The van der Waals surface area contributed by atoms with Gasteiger partial charge in [0.2, 0.25) is 5.89 Å². The number of carbonyl (C=O) groups excluding carboxylic acids is 1. The van der Waals surface area contributed by atoms with Gasteiger partial charge in [-0.15, -0.1) is 0 Å². The van der Waals surface area contributed by atoms with Crippen molar-refractivity contribution in [1.29, 1.82) is 0 Å². The Morgan fingerprint density at radius 1 is 1.07 bits per heavy atom. The molecule has 0 saturated heterocycles. The minimum Gasteiger partial charge on any atom is -0.494 e. The van der Waals surface area contributed by atoms with Crippen LogP contribution in [0.5, 0.6) is 5.75 Å². The summed E-state index contributed by atoms with van der Waals surface area (Å²) in [6.07, 6.45) is 0.984. The first-order valence-electron chi connectivity index (χ1n) is 9.51. The summed E-state index contributed by atoms with van der Waals surface area (Å²) in [5.74, 6) is 1.14. The summed E-state index contributed by atoms with van der Waals surface area (Å²) in [6, 6.07) is 17.3. The molecule has 0 spiro atoms. The first-order chi connectivity index (χ1) is 14.1. The van der Waals surface area contributed by atoms with Gasteiger partial charge in [-0.25, -0.2) is 4.98 Å². The molecule has 0 saturated carbocycles. The van der Waals surface area contributed by atoms with E-state index in [1.165, 1.54) is 0 Å². The van der Waals surface area contributed by atoms with E-state index in [2.05, 4.69) is 4.98 Å². The number of carbonyl (C=O) groups is 1. The molecular weight excluding hydrogens is 390 g/mol. The van der Waals surface area contributed by atoms with E-state index in [1.54, 1.807) is 19.1 Å². The average Bonchev–Trinajstić information content (AvgIpc) is 3.14. The van der Waals surface area contributed by atoms with Crippen LogP contribution in [-0.4, -0.2) is 24.2 Å². The Bertz CT molecular complexity index is 1170. The summed E-state index contributed by atoms with van der Waals surface area (Å²) in [5, 5.41) is 2.74. The van der Waals surface area contributed by atoms with Crippen molar-refractivity contribution in [2.75, 3.05) is 13.2 Å². The van der Waals surface area contributed by atoms with Gasteiger partial charge in [-0.05, 0) is 66.6 Å². The van der Waals surface area contributed by atoms with Gasteiger partial charge in [0.25, 0.3) is 0 Å². The summed E-state index contributed by atoms with van der Waals surface area (Å²) < 4.78 is 16.5. The van der Waals surface area contributed by atoms with Crippen LogP contribution in [0.3, 0.4) is 0 Å². The van der Waals surface area contributed by atoms with Crippen molar-refractivity contribution in [3.8, 4) is 17.2 Å². The van der Waals surface area contributed by atoms with E-state index in [1.807, 2.05) is 42.5 Å². The van der Waals surface area contributed by atoms with E-state index < -0.39 is 0 Å². The van der Waals surface area contributed by atoms with E-state index in [0.717, 1.165) is 27.6 Å². The molecule has 1 aromatic heterocycles. The molecule has 0 fully saturated rings. The molecule has 4 aromatic rings. The molecule has 148 valence electrons. The summed E-state index contributed by atoms with van der Waals surface area (Å²) >= 11 is 6.03. The van der Waals surface area contributed by atoms with Crippen LogP contribution in [-0.2, 0) is 9.53 Å². The van der Waals surface area contributed by atoms with Crippen LogP contribution in [0.25, 0.3) is 33.3 Å². The van der Waals surface area contributed by atoms with Crippen LogP contribution in [0.15, 0.2) is 59.0 Å². The summed E-state index contributed by atoms with van der Waals surface area (Å²) in [5.41, 5.74) is 2.34. The second-order valence-electron chi connectivity index (χ2n) is 6.61. The summed E-state index contributed by atoms with van der Waals surface area (Å²) in [4.78, 5) is 15.9. The lowest BCUT2D eigenvalue weighted by Gasteiger charge is -2.08. The molecule has 0 radical (unpaired) electrons. The fourth-order valence-corrected chi connectivity index (χ4v) is 3.28. The van der Waals surface area contributed by atoms with E-state index in [4.69, 9.17) is 25.5 Å². The number of ether oxygens (including phenoxy) is 2. The van der Waals surface area contributed by atoms with E-state index in [0.29, 0.717) is 42.6 Å². The number of fused-ring (bicyclic) bond motifs is 2. The molecule has 0 atom stereocenters. The molecule has 0 aliphatic rings. The third-order valence-electron chi connectivity index (χ3n) is 4.51. The highest BCUT2D eigenvalue weighted by atomic mass is 35.5. The van der Waals surface area contributed by atoms with Crippen LogP contribution in [0.1, 0.15) is 19.8 Å². The van der Waals surface area contributed by atoms with Gasteiger partial charge in [0.15, 0.2) is 5.58 Å². The Morgan fingerprint density at radius 2 is 1.90 bits per heavy atom. The van der Waals surface area contributed by atoms with Crippen molar-refractivity contribution >= 4 is 39.4 Å². The van der Waals surface area contributed by atoms with E-state index in [9.17, 15) is 4.79 Å². The molecule has 0 bridgehead atoms. The zero-order valence-corrected chi connectivity index (χ0v) is 16.7. The number of oxazole rings is 1. The molecule has 0 aliphatic carbocycles. The van der Waals surface area contributed by atoms with Gasteiger partial charge in [-0.2, -0.15) is 0 Å². The molecule has 6 heteroatoms. The quantitative estimate of drug-likeness (QED) is 0.276. The van der Waals surface area contributed by atoms with Crippen molar-refractivity contribution < 1.29 is 18.7 Å². The number of aromatic nitrogens is 1. The predicted molar refractivity (Wildman–Crippen MR) is 113 cm³/mol. The van der Waals surface area contributed by atoms with Crippen LogP contribution in [0.4, 0.5) is 0 Å². The van der Waals surface area contributed by atoms with Crippen molar-refractivity contribution in [1.82, 2.24) is 4.98 Å². The fraction of sp³-hybridized carbons (Fsp3) is 0.217. The molecule has 0 amide bonds. The normalized spacial score (nSPS) is 11.1. The largest absolute Gasteiger partial charge is 0.494 e. The number of benzene rings is 3. The van der Waals surface area contributed by atoms with Crippen LogP contribution < -0.4 is 4.74 Å². The van der Waals surface area contributed by atoms with Crippen LogP contribution >= 0.6 is 11.6 Å². The van der Waals surface area contributed by atoms with Crippen molar-refractivity contribution in [3.63, 3.8) is 0 Å². The number of hydrogen-bond acceptors (Lipinski definition) is 5. The Morgan fingerprint density at radius 3 is 2.76 bits per heavy atom. The van der Waals surface area contributed by atoms with E-state index >= 15 is 0 Å². The Labute approximate surface area is 173 Å². The first-order valence-corrected chi connectivity index (χ1v) is 9.89. The number of esters is 1. The fourth-order valence-electron chi connectivity index (χ4n) is 3.11. The van der Waals surface area contributed by atoms with Gasteiger partial charge in [0.1, 0.15) is 11.3 Å². The lowest BCUT2D eigenvalue weighted by atomic mass is 10.1. The standard InChI is InChI=1S/C23H20ClNO4/c1-2-27-22(26)4-3-11-28-19-9-7-15-12-17(6-5-16(15)13-19)23-25-20-14-18(24)8-10-21(20)29-23/h5-10,12-14H,2-4,11H2,1H3. The number of nitrogens with zero attached hydrogens (tertiary/aromatic N) is 1. The molecule has 0 aliphatic heterocycles. The minimum atomic E-state index is -0.191. The van der Waals surface area contributed by atoms with Crippen molar-refractivity contribution in [2.45, 2.75) is 19.8 Å². The molecule has 3 aromatic carbocycles. The predicted octanol–water partition coefficient (Wildman–Crippen LogP) is 6.02.